The average molecular weight is 344 g/mol. The van der Waals surface area contributed by atoms with Gasteiger partial charge >= 0.3 is 5.97 Å². The molecule has 1 unspecified atom stereocenters. The number of carbonyl (C=O) groups excluding carboxylic acids is 1. The summed E-state index contributed by atoms with van der Waals surface area (Å²) in [5.74, 6) is -1.13. The van der Waals surface area contributed by atoms with Crippen molar-refractivity contribution in [2.24, 2.45) is 0 Å². The molecule has 1 N–H and O–H groups in total. The minimum absolute atomic E-state index is 0.0271. The average Bonchev–Trinajstić information content (AvgIpc) is 3.26. The van der Waals surface area contributed by atoms with Crippen LogP contribution in [-0.2, 0) is 27.3 Å². The summed E-state index contributed by atoms with van der Waals surface area (Å²) in [6.45, 7) is 0.458. The third kappa shape index (κ3) is 3.69. The van der Waals surface area contributed by atoms with Crippen molar-refractivity contribution < 1.29 is 19.4 Å². The molecule has 1 aromatic heterocycles. The monoisotopic (exact) mass is 344 g/mol. The van der Waals surface area contributed by atoms with E-state index < -0.39 is 11.6 Å². The van der Waals surface area contributed by atoms with Crippen molar-refractivity contribution >= 4 is 17.6 Å². The zero-order valence-electron chi connectivity index (χ0n) is 14.0. The van der Waals surface area contributed by atoms with Gasteiger partial charge in [-0.05, 0) is 25.0 Å². The maximum Gasteiger partial charge on any atom is 0.336 e. The molecule has 1 saturated heterocycles. The normalized spacial score (nSPS) is 19.7. The topological polar surface area (TPSA) is 97.6 Å². The number of carboxylic acids is 1. The molecule has 8 nitrogen and oxygen atoms in total. The van der Waals surface area contributed by atoms with Gasteiger partial charge in [0.15, 0.2) is 5.60 Å². The Balaban J connectivity index is 1.65. The highest BCUT2D eigenvalue weighted by Crippen LogP contribution is 2.29. The zero-order valence-corrected chi connectivity index (χ0v) is 14.0. The van der Waals surface area contributed by atoms with Crippen molar-refractivity contribution in [1.29, 1.82) is 0 Å². The number of hydrogen-bond acceptors (Lipinski definition) is 5. The van der Waals surface area contributed by atoms with Gasteiger partial charge in [-0.1, -0.05) is 23.4 Å². The molecule has 0 spiro atoms. The van der Waals surface area contributed by atoms with Crippen molar-refractivity contribution in [3.8, 4) is 0 Å². The van der Waals surface area contributed by atoms with E-state index in [0.717, 1.165) is 5.69 Å². The van der Waals surface area contributed by atoms with Crippen LogP contribution >= 0.6 is 0 Å². The quantitative estimate of drug-likeness (QED) is 0.843. The van der Waals surface area contributed by atoms with Gasteiger partial charge in [0.25, 0.3) is 0 Å². The van der Waals surface area contributed by atoms with Crippen molar-refractivity contribution in [1.82, 2.24) is 15.0 Å². The standard InChI is InChI=1S/C17H20N4O4/c1-20(14-6-3-2-4-7-14)15(22)12-21-11-13(18-19-21)10-17(16(23)24)8-5-9-25-17/h2-4,6-7,11H,5,8-10,12H2,1H3,(H,23,24). The van der Waals surface area contributed by atoms with Crippen LogP contribution in [0.4, 0.5) is 5.69 Å². The van der Waals surface area contributed by atoms with Gasteiger partial charge in [-0.2, -0.15) is 0 Å². The van der Waals surface area contributed by atoms with Gasteiger partial charge in [-0.25, -0.2) is 9.48 Å². The predicted molar refractivity (Wildman–Crippen MR) is 89.1 cm³/mol. The molecule has 1 amide bonds. The number of hydrogen-bond donors (Lipinski definition) is 1. The molecule has 132 valence electrons. The number of likely N-dealkylation sites (N-methyl/N-ethyl adjacent to an activating group) is 1. The van der Waals surface area contributed by atoms with Crippen LogP contribution in [0.3, 0.4) is 0 Å². The number of amides is 1. The Kier molecular flexibility index (Phi) is 4.80. The summed E-state index contributed by atoms with van der Waals surface area (Å²) in [5.41, 5.74) is 0.0580. The second-order valence-electron chi connectivity index (χ2n) is 6.12. The highest BCUT2D eigenvalue weighted by molar-refractivity contribution is 5.92. The summed E-state index contributed by atoms with van der Waals surface area (Å²) in [6.07, 6.45) is 2.90. The first kappa shape index (κ1) is 17.1. The van der Waals surface area contributed by atoms with Gasteiger partial charge < -0.3 is 14.7 Å². The number of rotatable bonds is 6. The van der Waals surface area contributed by atoms with Gasteiger partial charge in [-0.15, -0.1) is 5.10 Å². The lowest BCUT2D eigenvalue weighted by atomic mass is 9.95. The first-order valence-corrected chi connectivity index (χ1v) is 8.08. The molecule has 0 saturated carbocycles. The fraction of sp³-hybridized carbons (Fsp3) is 0.412. The van der Waals surface area contributed by atoms with Crippen LogP contribution in [0.2, 0.25) is 0 Å². The number of carboxylic acid groups (broad SMARTS) is 1. The first-order valence-electron chi connectivity index (χ1n) is 8.08. The Labute approximate surface area is 145 Å². The summed E-state index contributed by atoms with van der Waals surface area (Å²) < 4.78 is 6.86. The molecule has 25 heavy (non-hydrogen) atoms. The molecule has 0 aliphatic carbocycles. The smallest absolute Gasteiger partial charge is 0.336 e. The van der Waals surface area contributed by atoms with E-state index in [0.29, 0.717) is 25.1 Å². The number of aliphatic carboxylic acids is 1. The van der Waals surface area contributed by atoms with Crippen molar-refractivity contribution in [2.45, 2.75) is 31.4 Å². The van der Waals surface area contributed by atoms with Crippen LogP contribution in [0, 0.1) is 0 Å². The molecule has 1 aliphatic rings. The zero-order chi connectivity index (χ0) is 17.9. The van der Waals surface area contributed by atoms with E-state index >= 15 is 0 Å². The van der Waals surface area contributed by atoms with Gasteiger partial charge in [0.1, 0.15) is 6.54 Å². The predicted octanol–water partition coefficient (Wildman–Crippen LogP) is 1.12. The number of carbonyl (C=O) groups is 2. The highest BCUT2D eigenvalue weighted by atomic mass is 16.5. The Morgan fingerprint density at radius 1 is 1.36 bits per heavy atom. The number of aromatic nitrogens is 3. The van der Waals surface area contributed by atoms with Gasteiger partial charge in [0, 0.05) is 32.0 Å². The molecule has 1 aliphatic heterocycles. The van der Waals surface area contributed by atoms with E-state index in [2.05, 4.69) is 10.3 Å². The molecule has 3 rings (SSSR count). The molecule has 1 fully saturated rings. The molecule has 1 aromatic carbocycles. The minimum Gasteiger partial charge on any atom is -0.479 e. The van der Waals surface area contributed by atoms with Crippen molar-refractivity contribution in [2.75, 3.05) is 18.6 Å². The molecule has 1 atom stereocenters. The van der Waals surface area contributed by atoms with Crippen LogP contribution in [0.1, 0.15) is 18.5 Å². The van der Waals surface area contributed by atoms with E-state index in [4.69, 9.17) is 4.74 Å². The summed E-state index contributed by atoms with van der Waals surface area (Å²) in [6, 6.07) is 9.30. The van der Waals surface area contributed by atoms with E-state index in [9.17, 15) is 14.7 Å². The molecule has 0 radical (unpaired) electrons. The summed E-state index contributed by atoms with van der Waals surface area (Å²) in [7, 11) is 1.70. The minimum atomic E-state index is -1.23. The number of ether oxygens (including phenoxy) is 1. The Morgan fingerprint density at radius 3 is 2.76 bits per heavy atom. The van der Waals surface area contributed by atoms with Crippen LogP contribution in [-0.4, -0.2) is 51.2 Å². The molecular weight excluding hydrogens is 324 g/mol. The molecule has 2 aromatic rings. The summed E-state index contributed by atoms with van der Waals surface area (Å²) >= 11 is 0. The second-order valence-corrected chi connectivity index (χ2v) is 6.12. The lowest BCUT2D eigenvalue weighted by molar-refractivity contribution is -0.160. The van der Waals surface area contributed by atoms with Gasteiger partial charge in [0.2, 0.25) is 5.91 Å². The summed E-state index contributed by atoms with van der Waals surface area (Å²) in [4.78, 5) is 25.4. The second kappa shape index (κ2) is 7.02. The molecule has 2 heterocycles. The van der Waals surface area contributed by atoms with E-state index in [1.807, 2.05) is 30.3 Å². The number of benzene rings is 1. The molecule has 0 bridgehead atoms. The van der Waals surface area contributed by atoms with E-state index in [1.54, 1.807) is 18.1 Å². The van der Waals surface area contributed by atoms with Crippen LogP contribution in [0.25, 0.3) is 0 Å². The molecule has 8 heteroatoms. The molecular formula is C17H20N4O4. The van der Waals surface area contributed by atoms with Crippen molar-refractivity contribution in [3.05, 3.63) is 42.2 Å². The highest BCUT2D eigenvalue weighted by Gasteiger charge is 2.43. The number of anilines is 1. The third-order valence-electron chi connectivity index (χ3n) is 4.36. The van der Waals surface area contributed by atoms with E-state index in [-0.39, 0.29) is 18.9 Å². The Hall–Kier alpha value is -2.74. The lowest BCUT2D eigenvalue weighted by Gasteiger charge is -2.21. The van der Waals surface area contributed by atoms with Crippen LogP contribution in [0.15, 0.2) is 36.5 Å². The fourth-order valence-electron chi connectivity index (χ4n) is 2.91. The third-order valence-corrected chi connectivity index (χ3v) is 4.36. The number of para-hydroxylation sites is 1. The summed E-state index contributed by atoms with van der Waals surface area (Å²) in [5, 5.41) is 17.4. The first-order chi connectivity index (χ1) is 12.0. The maximum absolute atomic E-state index is 12.4. The largest absolute Gasteiger partial charge is 0.479 e. The van der Waals surface area contributed by atoms with Crippen LogP contribution in [0.5, 0.6) is 0 Å². The lowest BCUT2D eigenvalue weighted by Crippen LogP contribution is -2.40. The van der Waals surface area contributed by atoms with Crippen molar-refractivity contribution in [3.63, 3.8) is 0 Å². The van der Waals surface area contributed by atoms with Gasteiger partial charge in [0.05, 0.1) is 5.69 Å². The maximum atomic E-state index is 12.4. The Morgan fingerprint density at radius 2 is 2.12 bits per heavy atom. The SMILES string of the molecule is CN(C(=O)Cn1cc(CC2(C(=O)O)CCCO2)nn1)c1ccccc1. The van der Waals surface area contributed by atoms with Gasteiger partial charge in [-0.3, -0.25) is 4.79 Å². The Bertz CT molecular complexity index is 753. The number of nitrogens with zero attached hydrogens (tertiary/aromatic N) is 4. The van der Waals surface area contributed by atoms with Crippen LogP contribution < -0.4 is 4.90 Å². The fourth-order valence-corrected chi connectivity index (χ4v) is 2.91. The van der Waals surface area contributed by atoms with E-state index in [1.165, 1.54) is 4.68 Å².